The Hall–Kier alpha value is -2.05. The first-order valence-corrected chi connectivity index (χ1v) is 8.54. The molecule has 0 bridgehead atoms. The quantitative estimate of drug-likeness (QED) is 0.680. The van der Waals surface area contributed by atoms with Crippen LogP contribution in [0.4, 0.5) is 0 Å². The number of aromatic nitrogens is 4. The molecule has 0 unspecified atom stereocenters. The molecule has 1 heterocycles. The maximum Gasteiger partial charge on any atom is 0.166 e. The fourth-order valence-electron chi connectivity index (χ4n) is 2.18. The van der Waals surface area contributed by atoms with Gasteiger partial charge in [-0.05, 0) is 40.8 Å². The molecule has 0 aliphatic rings. The van der Waals surface area contributed by atoms with E-state index in [9.17, 15) is 0 Å². The van der Waals surface area contributed by atoms with Gasteiger partial charge < -0.3 is 4.74 Å². The van der Waals surface area contributed by atoms with Crippen molar-refractivity contribution in [3.05, 3.63) is 64.9 Å². The Labute approximate surface area is 143 Å². The molecule has 0 amide bonds. The van der Waals surface area contributed by atoms with Gasteiger partial charge in [-0.1, -0.05) is 29.8 Å². The normalized spacial score (nSPS) is 10.7. The zero-order valence-electron chi connectivity index (χ0n) is 12.5. The highest BCUT2D eigenvalue weighted by atomic mass is 35.5. The lowest BCUT2D eigenvalue weighted by atomic mass is 10.2. The SMILES string of the molecule is COc1ccc(Cl)cc1CSCc1nnnn1-c1ccccc1. The van der Waals surface area contributed by atoms with Crippen LogP contribution >= 0.6 is 23.4 Å². The largest absolute Gasteiger partial charge is 0.496 e. The monoisotopic (exact) mass is 346 g/mol. The highest BCUT2D eigenvalue weighted by Crippen LogP contribution is 2.27. The summed E-state index contributed by atoms with van der Waals surface area (Å²) in [6, 6.07) is 15.5. The summed E-state index contributed by atoms with van der Waals surface area (Å²) in [5.74, 6) is 3.11. The van der Waals surface area contributed by atoms with Crippen LogP contribution in [0.5, 0.6) is 5.75 Å². The Bertz CT molecular complexity index is 779. The molecule has 0 aliphatic carbocycles. The van der Waals surface area contributed by atoms with Crippen LogP contribution in [-0.4, -0.2) is 27.3 Å². The first-order chi connectivity index (χ1) is 11.3. The van der Waals surface area contributed by atoms with Crippen molar-refractivity contribution in [1.82, 2.24) is 20.2 Å². The molecule has 2 aromatic carbocycles. The van der Waals surface area contributed by atoms with Crippen LogP contribution in [0.1, 0.15) is 11.4 Å². The first kappa shape index (κ1) is 15.8. The van der Waals surface area contributed by atoms with Crippen molar-refractivity contribution in [2.45, 2.75) is 11.5 Å². The van der Waals surface area contributed by atoms with Crippen molar-refractivity contribution in [1.29, 1.82) is 0 Å². The van der Waals surface area contributed by atoms with Crippen LogP contribution in [0.2, 0.25) is 5.02 Å². The summed E-state index contributed by atoms with van der Waals surface area (Å²) in [6.07, 6.45) is 0. The molecule has 118 valence electrons. The lowest BCUT2D eigenvalue weighted by molar-refractivity contribution is 0.411. The van der Waals surface area contributed by atoms with Crippen LogP contribution in [0, 0.1) is 0 Å². The minimum absolute atomic E-state index is 0.692. The summed E-state index contributed by atoms with van der Waals surface area (Å²) in [6.45, 7) is 0. The minimum Gasteiger partial charge on any atom is -0.496 e. The van der Waals surface area contributed by atoms with E-state index in [0.717, 1.165) is 28.6 Å². The third kappa shape index (κ3) is 3.83. The second-order valence-electron chi connectivity index (χ2n) is 4.79. The fraction of sp³-hybridized carbons (Fsp3) is 0.188. The standard InChI is InChI=1S/C16H15ClN4OS/c1-22-15-8-7-13(17)9-12(15)10-23-11-16-18-19-20-21(16)14-5-3-2-4-6-14/h2-9H,10-11H2,1H3. The van der Waals surface area contributed by atoms with E-state index >= 15 is 0 Å². The van der Waals surface area contributed by atoms with Gasteiger partial charge >= 0.3 is 0 Å². The second kappa shape index (κ2) is 7.48. The van der Waals surface area contributed by atoms with E-state index < -0.39 is 0 Å². The summed E-state index contributed by atoms with van der Waals surface area (Å²) < 4.78 is 7.12. The van der Waals surface area contributed by atoms with Gasteiger partial charge in [0.25, 0.3) is 0 Å². The molecule has 0 saturated carbocycles. The lowest BCUT2D eigenvalue weighted by Gasteiger charge is -2.09. The highest BCUT2D eigenvalue weighted by Gasteiger charge is 2.09. The number of nitrogens with zero attached hydrogens (tertiary/aromatic N) is 4. The van der Waals surface area contributed by atoms with Gasteiger partial charge in [0, 0.05) is 16.3 Å². The van der Waals surface area contributed by atoms with Gasteiger partial charge in [-0.15, -0.1) is 16.9 Å². The molecule has 0 spiro atoms. The maximum absolute atomic E-state index is 6.06. The fourth-order valence-corrected chi connectivity index (χ4v) is 3.28. The summed E-state index contributed by atoms with van der Waals surface area (Å²) in [5, 5.41) is 12.6. The molecule has 5 nitrogen and oxygen atoms in total. The number of para-hydroxylation sites is 1. The van der Waals surface area contributed by atoms with Crippen molar-refractivity contribution in [2.24, 2.45) is 0 Å². The smallest absolute Gasteiger partial charge is 0.166 e. The number of rotatable bonds is 6. The Kier molecular flexibility index (Phi) is 5.15. The molecule has 23 heavy (non-hydrogen) atoms. The van der Waals surface area contributed by atoms with Gasteiger partial charge in [-0.2, -0.15) is 4.68 Å². The number of hydrogen-bond acceptors (Lipinski definition) is 5. The number of hydrogen-bond donors (Lipinski definition) is 0. The average molecular weight is 347 g/mol. The third-order valence-electron chi connectivity index (χ3n) is 3.27. The summed E-state index contributed by atoms with van der Waals surface area (Å²) in [4.78, 5) is 0. The first-order valence-electron chi connectivity index (χ1n) is 7.01. The molecule has 1 aromatic heterocycles. The molecule has 0 fully saturated rings. The molecule has 0 aliphatic heterocycles. The summed E-state index contributed by atoms with van der Waals surface area (Å²) in [5.41, 5.74) is 2.01. The van der Waals surface area contributed by atoms with Crippen molar-refractivity contribution in [2.75, 3.05) is 7.11 Å². The van der Waals surface area contributed by atoms with E-state index in [1.807, 2.05) is 48.5 Å². The van der Waals surface area contributed by atoms with Gasteiger partial charge in [-0.3, -0.25) is 0 Å². The van der Waals surface area contributed by atoms with E-state index in [1.165, 1.54) is 0 Å². The van der Waals surface area contributed by atoms with E-state index in [2.05, 4.69) is 15.5 Å². The van der Waals surface area contributed by atoms with Gasteiger partial charge in [0.15, 0.2) is 5.82 Å². The maximum atomic E-state index is 6.06. The molecule has 3 rings (SSSR count). The number of ether oxygens (including phenoxy) is 1. The summed E-state index contributed by atoms with van der Waals surface area (Å²) in [7, 11) is 1.66. The van der Waals surface area contributed by atoms with Crippen LogP contribution in [0.15, 0.2) is 48.5 Å². The van der Waals surface area contributed by atoms with E-state index in [1.54, 1.807) is 23.6 Å². The van der Waals surface area contributed by atoms with Crippen molar-refractivity contribution in [3.8, 4) is 11.4 Å². The molecule has 7 heteroatoms. The van der Waals surface area contributed by atoms with Crippen LogP contribution in [0.25, 0.3) is 5.69 Å². The highest BCUT2D eigenvalue weighted by molar-refractivity contribution is 7.97. The predicted octanol–water partition coefficient (Wildman–Crippen LogP) is 3.76. The predicted molar refractivity (Wildman–Crippen MR) is 92.2 cm³/mol. The van der Waals surface area contributed by atoms with E-state index in [4.69, 9.17) is 16.3 Å². The van der Waals surface area contributed by atoms with Gasteiger partial charge in [0.2, 0.25) is 0 Å². The molecule has 0 atom stereocenters. The number of methoxy groups -OCH3 is 1. The van der Waals surface area contributed by atoms with Crippen molar-refractivity contribution < 1.29 is 4.74 Å². The topological polar surface area (TPSA) is 52.8 Å². The Morgan fingerprint density at radius 1 is 1.13 bits per heavy atom. The number of halogens is 1. The van der Waals surface area contributed by atoms with Crippen molar-refractivity contribution in [3.63, 3.8) is 0 Å². The Morgan fingerprint density at radius 2 is 1.96 bits per heavy atom. The number of tetrazole rings is 1. The lowest BCUT2D eigenvalue weighted by Crippen LogP contribution is -2.02. The van der Waals surface area contributed by atoms with E-state index in [-0.39, 0.29) is 0 Å². The second-order valence-corrected chi connectivity index (χ2v) is 6.21. The Morgan fingerprint density at radius 3 is 2.74 bits per heavy atom. The molecule has 0 saturated heterocycles. The average Bonchev–Trinajstić information content (AvgIpc) is 3.04. The zero-order valence-corrected chi connectivity index (χ0v) is 14.1. The molecule has 3 aromatic rings. The minimum atomic E-state index is 0.692. The number of thioether (sulfide) groups is 1. The molecular weight excluding hydrogens is 332 g/mol. The van der Waals surface area contributed by atoms with Crippen molar-refractivity contribution >= 4 is 23.4 Å². The van der Waals surface area contributed by atoms with Crippen LogP contribution in [-0.2, 0) is 11.5 Å². The van der Waals surface area contributed by atoms with Gasteiger partial charge in [-0.25, -0.2) is 0 Å². The Balaban J connectivity index is 1.69. The molecular formula is C16H15ClN4OS. The molecule has 0 radical (unpaired) electrons. The molecule has 0 N–H and O–H groups in total. The number of benzene rings is 2. The van der Waals surface area contributed by atoms with Gasteiger partial charge in [0.05, 0.1) is 18.6 Å². The zero-order chi connectivity index (χ0) is 16.1. The van der Waals surface area contributed by atoms with Crippen LogP contribution < -0.4 is 4.74 Å². The van der Waals surface area contributed by atoms with Crippen LogP contribution in [0.3, 0.4) is 0 Å². The van der Waals surface area contributed by atoms with Gasteiger partial charge in [0.1, 0.15) is 5.75 Å². The summed E-state index contributed by atoms with van der Waals surface area (Å²) >= 11 is 7.77. The van der Waals surface area contributed by atoms with E-state index in [0.29, 0.717) is 10.8 Å². The third-order valence-corrected chi connectivity index (χ3v) is 4.48.